The van der Waals surface area contributed by atoms with E-state index in [9.17, 15) is 0 Å². The van der Waals surface area contributed by atoms with Gasteiger partial charge in [0.15, 0.2) is 0 Å². The highest BCUT2D eigenvalue weighted by molar-refractivity contribution is 5.37. The SMILES string of the molecule is [N-]=C=O.[N-]=C=O.c1ccc2c(c1)CCCC2. The summed E-state index contributed by atoms with van der Waals surface area (Å²) in [4.78, 5) is 16.5. The molecule has 1 aliphatic rings. The van der Waals surface area contributed by atoms with Gasteiger partial charge < -0.3 is 10.8 Å². The lowest BCUT2D eigenvalue weighted by atomic mass is 9.92. The lowest BCUT2D eigenvalue weighted by Gasteiger charge is -2.13. The number of hydrogen-bond donors (Lipinski definition) is 0. The van der Waals surface area contributed by atoms with Gasteiger partial charge in [0.05, 0.1) is 0 Å². The molecule has 4 nitrogen and oxygen atoms in total. The van der Waals surface area contributed by atoms with Crippen LogP contribution in [0.5, 0.6) is 0 Å². The molecule has 0 saturated carbocycles. The predicted octanol–water partition coefficient (Wildman–Crippen LogP) is 2.35. The van der Waals surface area contributed by atoms with E-state index < -0.39 is 0 Å². The van der Waals surface area contributed by atoms with Gasteiger partial charge in [-0.1, -0.05) is 24.3 Å². The van der Waals surface area contributed by atoms with Gasteiger partial charge in [0.25, 0.3) is 0 Å². The fraction of sp³-hybridized carbons (Fsp3) is 0.333. The van der Waals surface area contributed by atoms with Crippen molar-refractivity contribution in [3.8, 4) is 0 Å². The summed E-state index contributed by atoms with van der Waals surface area (Å²) >= 11 is 0. The van der Waals surface area contributed by atoms with Crippen LogP contribution in [0.4, 0.5) is 0 Å². The zero-order valence-corrected chi connectivity index (χ0v) is 8.85. The molecule has 0 N–H and O–H groups in total. The molecule has 0 heterocycles. The average molecular weight is 216 g/mol. The number of carbonyl (C=O) groups excluding carboxylic acids is 2. The van der Waals surface area contributed by atoms with Gasteiger partial charge in [-0.05, 0) is 49.0 Å². The molecule has 0 spiro atoms. The summed E-state index contributed by atoms with van der Waals surface area (Å²) in [6, 6.07) is 8.80. The van der Waals surface area contributed by atoms with Crippen molar-refractivity contribution in [2.24, 2.45) is 0 Å². The second-order valence-electron chi connectivity index (χ2n) is 3.16. The van der Waals surface area contributed by atoms with E-state index >= 15 is 0 Å². The van der Waals surface area contributed by atoms with E-state index in [1.54, 1.807) is 11.1 Å². The number of isocyanates is 2. The molecule has 1 aromatic rings. The first-order valence-corrected chi connectivity index (χ1v) is 4.89. The highest BCUT2D eigenvalue weighted by Crippen LogP contribution is 2.19. The van der Waals surface area contributed by atoms with Gasteiger partial charge in [0.1, 0.15) is 0 Å². The molecule has 0 aliphatic heterocycles. The van der Waals surface area contributed by atoms with Crippen molar-refractivity contribution >= 4 is 12.2 Å². The fourth-order valence-electron chi connectivity index (χ4n) is 1.68. The molecule has 4 heteroatoms. The quantitative estimate of drug-likeness (QED) is 0.492. The molecule has 2 rings (SSSR count). The molecule has 0 bridgehead atoms. The fourth-order valence-corrected chi connectivity index (χ4v) is 1.68. The standard InChI is InChI=1S/C10H12.2CNO/c1-2-6-10-8-4-3-7-9(10)5-1;2*2-1-3/h1-2,5-6H,3-4,7-8H2;;/q;2*-1. The van der Waals surface area contributed by atoms with Gasteiger partial charge in [-0.15, -0.1) is 0 Å². The molecule has 84 valence electrons. The average Bonchev–Trinajstić information content (AvgIpc) is 2.31. The summed E-state index contributed by atoms with van der Waals surface area (Å²) in [6.07, 6.45) is 6.38. The van der Waals surface area contributed by atoms with E-state index in [0.29, 0.717) is 12.2 Å². The molecule has 1 aliphatic carbocycles. The van der Waals surface area contributed by atoms with Crippen molar-refractivity contribution in [3.63, 3.8) is 0 Å². The monoisotopic (exact) mass is 216 g/mol. The highest BCUT2D eigenvalue weighted by Gasteiger charge is 2.05. The van der Waals surface area contributed by atoms with Crippen LogP contribution >= 0.6 is 0 Å². The molecule has 0 fully saturated rings. The van der Waals surface area contributed by atoms with Crippen molar-refractivity contribution in [2.75, 3.05) is 0 Å². The van der Waals surface area contributed by atoms with E-state index in [1.165, 1.54) is 25.7 Å². The second-order valence-corrected chi connectivity index (χ2v) is 3.16. The van der Waals surface area contributed by atoms with Crippen LogP contribution in [-0.4, -0.2) is 12.2 Å². The van der Waals surface area contributed by atoms with Crippen molar-refractivity contribution in [1.82, 2.24) is 0 Å². The molecule has 0 atom stereocenters. The largest absolute Gasteiger partial charge is 0.724 e. The van der Waals surface area contributed by atoms with E-state index in [1.807, 2.05) is 0 Å². The molecule has 0 unspecified atom stereocenters. The maximum absolute atomic E-state index is 8.24. The summed E-state index contributed by atoms with van der Waals surface area (Å²) in [7, 11) is 0. The Bertz CT molecular complexity index is 339. The number of fused-ring (bicyclic) bond motifs is 1. The Balaban J connectivity index is 0.000000321. The van der Waals surface area contributed by atoms with E-state index in [0.717, 1.165) is 0 Å². The second kappa shape index (κ2) is 9.53. The van der Waals surface area contributed by atoms with Gasteiger partial charge >= 0.3 is 0 Å². The molecule has 0 saturated heterocycles. The Kier molecular flexibility index (Phi) is 8.33. The number of nitrogens with zero attached hydrogens (tertiary/aromatic N) is 2. The van der Waals surface area contributed by atoms with Crippen LogP contribution in [0.2, 0.25) is 0 Å². The van der Waals surface area contributed by atoms with Crippen molar-refractivity contribution < 1.29 is 9.59 Å². The van der Waals surface area contributed by atoms with Crippen LogP contribution in [0.15, 0.2) is 24.3 Å². The van der Waals surface area contributed by atoms with Crippen molar-refractivity contribution in [2.45, 2.75) is 25.7 Å². The van der Waals surface area contributed by atoms with Gasteiger partial charge in [-0.3, -0.25) is 9.59 Å². The Labute approximate surface area is 94.3 Å². The minimum Gasteiger partial charge on any atom is -0.724 e. The van der Waals surface area contributed by atoms with Crippen LogP contribution in [0.1, 0.15) is 24.0 Å². The molecule has 16 heavy (non-hydrogen) atoms. The predicted molar refractivity (Wildman–Crippen MR) is 61.2 cm³/mol. The van der Waals surface area contributed by atoms with Gasteiger partial charge in [0.2, 0.25) is 0 Å². The van der Waals surface area contributed by atoms with Crippen LogP contribution in [0, 0.1) is 0 Å². The summed E-state index contributed by atoms with van der Waals surface area (Å²) in [5.41, 5.74) is 3.16. The number of rotatable bonds is 0. The maximum Gasteiger partial charge on any atom is -0.0159 e. The Morgan fingerprint density at radius 2 is 1.19 bits per heavy atom. The molecule has 0 radical (unpaired) electrons. The Morgan fingerprint density at radius 3 is 1.50 bits per heavy atom. The first kappa shape index (κ1) is 14.0. The van der Waals surface area contributed by atoms with Gasteiger partial charge in [0, 0.05) is 0 Å². The van der Waals surface area contributed by atoms with Crippen molar-refractivity contribution in [1.29, 1.82) is 0 Å². The van der Waals surface area contributed by atoms with Gasteiger partial charge in [-0.25, -0.2) is 0 Å². The number of hydrogen-bond acceptors (Lipinski definition) is 2. The van der Waals surface area contributed by atoms with E-state index in [-0.39, 0.29) is 0 Å². The third-order valence-electron chi connectivity index (χ3n) is 2.26. The lowest BCUT2D eigenvalue weighted by molar-refractivity contribution is 0.568. The normalized spacial score (nSPS) is 11.2. The Morgan fingerprint density at radius 1 is 0.875 bits per heavy atom. The Hall–Kier alpha value is -2.02. The summed E-state index contributed by atoms with van der Waals surface area (Å²) in [5.74, 6) is 0. The topological polar surface area (TPSA) is 78.7 Å². The van der Waals surface area contributed by atoms with E-state index in [2.05, 4.69) is 24.3 Å². The first-order chi connectivity index (χ1) is 7.79. The molecule has 1 aromatic carbocycles. The zero-order chi connectivity index (χ0) is 12.2. The summed E-state index contributed by atoms with van der Waals surface area (Å²) < 4.78 is 0. The minimum absolute atomic E-state index is 0.500. The zero-order valence-electron chi connectivity index (χ0n) is 8.85. The smallest absolute Gasteiger partial charge is 0.0159 e. The summed E-state index contributed by atoms with van der Waals surface area (Å²) in [5, 5.41) is 13.5. The number of aryl methyl sites for hydroxylation is 2. The minimum atomic E-state index is 0.500. The lowest BCUT2D eigenvalue weighted by Crippen LogP contribution is -2.00. The molecular weight excluding hydrogens is 204 g/mol. The highest BCUT2D eigenvalue weighted by atomic mass is 16.1. The molecule has 0 amide bonds. The number of benzene rings is 1. The summed E-state index contributed by atoms with van der Waals surface area (Å²) in [6.45, 7) is 0. The van der Waals surface area contributed by atoms with Crippen LogP contribution < -0.4 is 0 Å². The molecular formula is C12H12N2O2-2. The third kappa shape index (κ3) is 5.66. The third-order valence-corrected chi connectivity index (χ3v) is 2.26. The first-order valence-electron chi connectivity index (χ1n) is 4.89. The van der Waals surface area contributed by atoms with Crippen LogP contribution in [0.25, 0.3) is 10.8 Å². The van der Waals surface area contributed by atoms with Gasteiger partial charge in [-0.2, -0.15) is 0 Å². The van der Waals surface area contributed by atoms with Crippen molar-refractivity contribution in [3.05, 3.63) is 46.2 Å². The van der Waals surface area contributed by atoms with E-state index in [4.69, 9.17) is 20.4 Å². The van der Waals surface area contributed by atoms with Crippen LogP contribution in [-0.2, 0) is 22.4 Å². The molecule has 0 aromatic heterocycles. The maximum atomic E-state index is 8.24. The van der Waals surface area contributed by atoms with Crippen LogP contribution in [0.3, 0.4) is 0 Å².